The third-order valence-electron chi connectivity index (χ3n) is 3.36. The molecular weight excluding hydrogens is 323 g/mol. The highest BCUT2D eigenvalue weighted by Gasteiger charge is 2.35. The number of nitriles is 1. The Morgan fingerprint density at radius 1 is 1.33 bits per heavy atom. The summed E-state index contributed by atoms with van der Waals surface area (Å²) in [6.45, 7) is 6.02. The second-order valence-corrected chi connectivity index (χ2v) is 6.60. The molecule has 0 spiro atoms. The summed E-state index contributed by atoms with van der Waals surface area (Å²) in [5, 5.41) is 12.0. The van der Waals surface area contributed by atoms with Crippen LogP contribution < -0.4 is 5.32 Å². The molecule has 1 fully saturated rings. The Balaban J connectivity index is 1.97. The average Bonchev–Trinajstić information content (AvgIpc) is 2.39. The first kappa shape index (κ1) is 17.9. The molecule has 0 atom stereocenters. The van der Waals surface area contributed by atoms with Crippen molar-refractivity contribution in [3.8, 4) is 6.07 Å². The lowest BCUT2D eigenvalue weighted by molar-refractivity contribution is -0.137. The van der Waals surface area contributed by atoms with Gasteiger partial charge in [-0.25, -0.2) is 4.79 Å². The molecule has 1 N–H and O–H groups in total. The van der Waals surface area contributed by atoms with Crippen LogP contribution in [0.3, 0.4) is 0 Å². The Hall–Kier alpha value is -2.43. The van der Waals surface area contributed by atoms with E-state index in [1.54, 1.807) is 26.8 Å². The Kier molecular flexibility index (Phi) is 4.65. The van der Waals surface area contributed by atoms with Crippen molar-refractivity contribution in [2.75, 3.05) is 18.4 Å². The molecule has 24 heavy (non-hydrogen) atoms. The van der Waals surface area contributed by atoms with Crippen molar-refractivity contribution in [2.45, 2.75) is 38.6 Å². The van der Waals surface area contributed by atoms with E-state index in [4.69, 9.17) is 10.00 Å². The number of amides is 1. The minimum absolute atomic E-state index is 0.0828. The average molecular weight is 341 g/mol. The van der Waals surface area contributed by atoms with E-state index in [1.807, 2.05) is 0 Å². The van der Waals surface area contributed by atoms with E-state index in [2.05, 4.69) is 5.32 Å². The topological polar surface area (TPSA) is 65.4 Å². The Bertz CT molecular complexity index is 669. The third-order valence-corrected chi connectivity index (χ3v) is 3.36. The van der Waals surface area contributed by atoms with Gasteiger partial charge in [0, 0.05) is 13.1 Å². The molecule has 0 aromatic heterocycles. The van der Waals surface area contributed by atoms with Gasteiger partial charge in [0.15, 0.2) is 0 Å². The molecule has 1 amide bonds. The number of alkyl halides is 3. The van der Waals surface area contributed by atoms with E-state index >= 15 is 0 Å². The molecule has 2 rings (SSSR count). The van der Waals surface area contributed by atoms with Gasteiger partial charge in [0.25, 0.3) is 0 Å². The number of benzene rings is 1. The van der Waals surface area contributed by atoms with Crippen LogP contribution in [0.1, 0.15) is 31.9 Å². The summed E-state index contributed by atoms with van der Waals surface area (Å²) >= 11 is 0. The molecule has 1 aromatic carbocycles. The molecule has 0 aliphatic carbocycles. The predicted octanol–water partition coefficient (Wildman–Crippen LogP) is 3.61. The standard InChI is InChI=1S/C16H18F3N3O2/c1-15(2,3)24-14(23)22-8-12(9-22)21-13-5-4-11(16(17,18)19)6-10(13)7-20/h4-6,12,21H,8-9H2,1-3H3. The third kappa shape index (κ3) is 4.31. The summed E-state index contributed by atoms with van der Waals surface area (Å²) in [5.74, 6) is 0. The van der Waals surface area contributed by atoms with Crippen molar-refractivity contribution < 1.29 is 22.7 Å². The van der Waals surface area contributed by atoms with Gasteiger partial charge in [0.05, 0.1) is 22.9 Å². The minimum Gasteiger partial charge on any atom is -0.444 e. The highest BCUT2D eigenvalue weighted by molar-refractivity contribution is 5.70. The molecule has 1 aromatic rings. The lowest BCUT2D eigenvalue weighted by Crippen LogP contribution is -2.58. The molecule has 1 aliphatic rings. The van der Waals surface area contributed by atoms with Crippen LogP contribution in [-0.4, -0.2) is 35.7 Å². The number of hydrogen-bond acceptors (Lipinski definition) is 4. The second-order valence-electron chi connectivity index (χ2n) is 6.60. The summed E-state index contributed by atoms with van der Waals surface area (Å²) in [4.78, 5) is 13.3. The number of anilines is 1. The number of halogens is 3. The lowest BCUT2D eigenvalue weighted by atomic mass is 10.1. The molecule has 1 heterocycles. The number of rotatable bonds is 2. The van der Waals surface area contributed by atoms with E-state index in [-0.39, 0.29) is 11.6 Å². The van der Waals surface area contributed by atoms with Gasteiger partial charge in [0.1, 0.15) is 11.7 Å². The van der Waals surface area contributed by atoms with Gasteiger partial charge in [0.2, 0.25) is 0 Å². The van der Waals surface area contributed by atoms with Crippen LogP contribution in [0.2, 0.25) is 0 Å². The molecule has 0 unspecified atom stereocenters. The number of carbonyl (C=O) groups excluding carboxylic acids is 1. The number of likely N-dealkylation sites (tertiary alicyclic amines) is 1. The van der Waals surface area contributed by atoms with Gasteiger partial charge in [-0.3, -0.25) is 0 Å². The van der Waals surface area contributed by atoms with Gasteiger partial charge in [-0.05, 0) is 39.0 Å². The normalized spacial score (nSPS) is 15.5. The Morgan fingerprint density at radius 2 is 1.96 bits per heavy atom. The van der Waals surface area contributed by atoms with Crippen molar-refractivity contribution in [1.82, 2.24) is 4.90 Å². The molecule has 8 heteroatoms. The first-order valence-corrected chi connectivity index (χ1v) is 7.35. The van der Waals surface area contributed by atoms with Crippen molar-refractivity contribution in [3.05, 3.63) is 29.3 Å². The van der Waals surface area contributed by atoms with Crippen molar-refractivity contribution in [2.24, 2.45) is 0 Å². The van der Waals surface area contributed by atoms with Crippen LogP contribution in [-0.2, 0) is 10.9 Å². The second kappa shape index (κ2) is 6.23. The number of carbonyl (C=O) groups is 1. The molecule has 1 saturated heterocycles. The zero-order valence-electron chi connectivity index (χ0n) is 13.6. The molecule has 0 bridgehead atoms. The Morgan fingerprint density at radius 3 is 2.46 bits per heavy atom. The minimum atomic E-state index is -4.49. The van der Waals surface area contributed by atoms with Crippen LogP contribution >= 0.6 is 0 Å². The van der Waals surface area contributed by atoms with Crippen LogP contribution in [0, 0.1) is 11.3 Å². The van der Waals surface area contributed by atoms with E-state index in [9.17, 15) is 18.0 Å². The summed E-state index contributed by atoms with van der Waals surface area (Å²) in [6, 6.07) is 4.59. The maximum Gasteiger partial charge on any atom is 0.416 e. The van der Waals surface area contributed by atoms with Crippen LogP contribution in [0.15, 0.2) is 18.2 Å². The smallest absolute Gasteiger partial charge is 0.416 e. The van der Waals surface area contributed by atoms with E-state index in [1.165, 1.54) is 11.0 Å². The summed E-state index contributed by atoms with van der Waals surface area (Å²) in [6.07, 6.45) is -4.93. The van der Waals surface area contributed by atoms with Gasteiger partial charge in [-0.2, -0.15) is 18.4 Å². The number of nitrogens with zero attached hydrogens (tertiary/aromatic N) is 2. The van der Waals surface area contributed by atoms with E-state index in [0.29, 0.717) is 18.8 Å². The fraction of sp³-hybridized carbons (Fsp3) is 0.500. The lowest BCUT2D eigenvalue weighted by Gasteiger charge is -2.40. The number of ether oxygens (including phenoxy) is 1. The van der Waals surface area contributed by atoms with Gasteiger partial charge in [-0.1, -0.05) is 0 Å². The molecule has 5 nitrogen and oxygen atoms in total. The maximum atomic E-state index is 12.7. The highest BCUT2D eigenvalue weighted by atomic mass is 19.4. The van der Waals surface area contributed by atoms with E-state index < -0.39 is 23.4 Å². The maximum absolute atomic E-state index is 12.7. The van der Waals surface area contributed by atoms with Crippen LogP contribution in [0.25, 0.3) is 0 Å². The predicted molar refractivity (Wildman–Crippen MR) is 81.4 cm³/mol. The molecule has 130 valence electrons. The van der Waals surface area contributed by atoms with Crippen LogP contribution in [0.4, 0.5) is 23.7 Å². The Labute approximate surface area is 138 Å². The molecule has 0 saturated carbocycles. The molecule has 1 aliphatic heterocycles. The zero-order chi connectivity index (χ0) is 18.1. The van der Waals surface area contributed by atoms with Crippen molar-refractivity contribution >= 4 is 11.8 Å². The SMILES string of the molecule is CC(C)(C)OC(=O)N1CC(Nc2ccc(C(F)(F)F)cc2C#N)C1. The largest absolute Gasteiger partial charge is 0.444 e. The summed E-state index contributed by atoms with van der Waals surface area (Å²) < 4.78 is 43.2. The van der Waals surface area contributed by atoms with Gasteiger partial charge >= 0.3 is 12.3 Å². The quantitative estimate of drug-likeness (QED) is 0.892. The van der Waals surface area contributed by atoms with Crippen molar-refractivity contribution in [3.63, 3.8) is 0 Å². The highest BCUT2D eigenvalue weighted by Crippen LogP contribution is 2.32. The number of hydrogen-bond donors (Lipinski definition) is 1. The monoisotopic (exact) mass is 341 g/mol. The fourth-order valence-corrected chi connectivity index (χ4v) is 2.20. The summed E-state index contributed by atoms with van der Waals surface area (Å²) in [7, 11) is 0. The first-order valence-electron chi connectivity index (χ1n) is 7.35. The van der Waals surface area contributed by atoms with Crippen molar-refractivity contribution in [1.29, 1.82) is 5.26 Å². The van der Waals surface area contributed by atoms with Gasteiger partial charge in [-0.15, -0.1) is 0 Å². The fourth-order valence-electron chi connectivity index (χ4n) is 2.20. The zero-order valence-corrected chi connectivity index (χ0v) is 13.6. The van der Waals surface area contributed by atoms with E-state index in [0.717, 1.165) is 12.1 Å². The summed E-state index contributed by atoms with van der Waals surface area (Å²) in [5.41, 5.74) is -1.22. The van der Waals surface area contributed by atoms with Gasteiger partial charge < -0.3 is 15.0 Å². The molecular formula is C16H18F3N3O2. The van der Waals surface area contributed by atoms with Crippen LogP contribution in [0.5, 0.6) is 0 Å². The first-order chi connectivity index (χ1) is 11.0. The molecule has 0 radical (unpaired) electrons. The number of nitrogens with one attached hydrogen (secondary N) is 1.